The number of amidine groups is 1. The van der Waals surface area contributed by atoms with Crippen molar-refractivity contribution in [2.24, 2.45) is 4.99 Å². The highest BCUT2D eigenvalue weighted by molar-refractivity contribution is 5.83. The highest BCUT2D eigenvalue weighted by Crippen LogP contribution is 2.05. The molecule has 0 atom stereocenters. The molecule has 0 amide bonds. The van der Waals surface area contributed by atoms with Gasteiger partial charge in [-0.25, -0.2) is 0 Å². The van der Waals surface area contributed by atoms with Crippen LogP contribution >= 0.6 is 0 Å². The number of hydrogen-bond acceptors (Lipinski definition) is 2. The van der Waals surface area contributed by atoms with Crippen LogP contribution in [0.3, 0.4) is 0 Å². The number of hydrogen-bond donors (Lipinski definition) is 1. The van der Waals surface area contributed by atoms with Gasteiger partial charge in [-0.05, 0) is 18.9 Å². The van der Waals surface area contributed by atoms with Crippen LogP contribution in [0.15, 0.2) is 29.3 Å². The third-order valence-electron chi connectivity index (χ3n) is 2.49. The Labute approximate surface area is 85.1 Å². The Balaban J connectivity index is 1.88. The Hall–Kier alpha value is -1.31. The van der Waals surface area contributed by atoms with Gasteiger partial charge in [0.05, 0.1) is 5.84 Å². The normalized spacial score (nSPS) is 15.4. The molecule has 1 aliphatic heterocycles. The quantitative estimate of drug-likeness (QED) is 0.756. The van der Waals surface area contributed by atoms with E-state index in [1.54, 1.807) is 0 Å². The Morgan fingerprint density at radius 3 is 2.71 bits per heavy atom. The monoisotopic (exact) mass is 188 g/mol. The fourth-order valence-corrected chi connectivity index (χ4v) is 1.59. The Morgan fingerprint density at radius 2 is 2.07 bits per heavy atom. The minimum Gasteiger partial charge on any atom is -0.370 e. The first-order valence-corrected chi connectivity index (χ1v) is 5.17. The summed E-state index contributed by atoms with van der Waals surface area (Å²) in [7, 11) is 0. The summed E-state index contributed by atoms with van der Waals surface area (Å²) in [6.07, 6.45) is 2.32. The molecule has 1 aliphatic rings. The highest BCUT2D eigenvalue weighted by atomic mass is 15.0. The molecule has 0 unspecified atom stereocenters. The van der Waals surface area contributed by atoms with Gasteiger partial charge >= 0.3 is 0 Å². The zero-order valence-electron chi connectivity index (χ0n) is 8.59. The molecular weight excluding hydrogens is 172 g/mol. The summed E-state index contributed by atoms with van der Waals surface area (Å²) in [5.74, 6) is 1.17. The summed E-state index contributed by atoms with van der Waals surface area (Å²) in [6.45, 7) is 4.01. The maximum Gasteiger partial charge on any atom is 0.0966 e. The van der Waals surface area contributed by atoms with Gasteiger partial charge in [0, 0.05) is 19.5 Å². The molecule has 0 bridgehead atoms. The van der Waals surface area contributed by atoms with Crippen LogP contribution in [0.5, 0.6) is 0 Å². The average molecular weight is 188 g/mol. The summed E-state index contributed by atoms with van der Waals surface area (Å²) in [5, 5.41) is 3.37. The topological polar surface area (TPSA) is 24.4 Å². The second-order valence-electron chi connectivity index (χ2n) is 3.77. The molecule has 2 heteroatoms. The number of benzene rings is 1. The van der Waals surface area contributed by atoms with Crippen LogP contribution in [-0.4, -0.2) is 12.4 Å². The summed E-state index contributed by atoms with van der Waals surface area (Å²) in [5.41, 5.74) is 2.64. The molecule has 0 saturated carbocycles. The minimum absolute atomic E-state index is 0.902. The fourth-order valence-electron chi connectivity index (χ4n) is 1.59. The van der Waals surface area contributed by atoms with E-state index in [0.29, 0.717) is 0 Å². The number of aliphatic imine (C=N–C) groups is 1. The molecule has 0 radical (unpaired) electrons. The lowest BCUT2D eigenvalue weighted by molar-refractivity contribution is 0.888. The highest BCUT2D eigenvalue weighted by Gasteiger charge is 2.04. The van der Waals surface area contributed by atoms with Crippen molar-refractivity contribution in [3.63, 3.8) is 0 Å². The zero-order chi connectivity index (χ0) is 9.80. The van der Waals surface area contributed by atoms with E-state index in [1.807, 2.05) is 0 Å². The predicted molar refractivity (Wildman–Crippen MR) is 59.6 cm³/mol. The molecule has 2 nitrogen and oxygen atoms in total. The number of aryl methyl sites for hydroxylation is 1. The van der Waals surface area contributed by atoms with Gasteiger partial charge in [0.1, 0.15) is 0 Å². The number of rotatable bonds is 2. The van der Waals surface area contributed by atoms with E-state index in [9.17, 15) is 0 Å². The van der Waals surface area contributed by atoms with Crippen molar-refractivity contribution in [3.8, 4) is 0 Å². The van der Waals surface area contributed by atoms with Gasteiger partial charge in [-0.2, -0.15) is 0 Å². The fraction of sp³-hybridized carbons (Fsp3) is 0.417. The van der Waals surface area contributed by atoms with Crippen LogP contribution in [0.1, 0.15) is 24.0 Å². The van der Waals surface area contributed by atoms with Crippen molar-refractivity contribution in [3.05, 3.63) is 35.4 Å². The molecule has 2 rings (SSSR count). The van der Waals surface area contributed by atoms with Crippen LogP contribution in [0.4, 0.5) is 0 Å². The molecular formula is C12H16N2. The maximum absolute atomic E-state index is 4.37. The van der Waals surface area contributed by atoms with E-state index in [-0.39, 0.29) is 0 Å². The lowest BCUT2D eigenvalue weighted by Gasteiger charge is -2.05. The van der Waals surface area contributed by atoms with Gasteiger partial charge in [0.25, 0.3) is 0 Å². The minimum atomic E-state index is 0.902. The maximum atomic E-state index is 4.37. The lowest BCUT2D eigenvalue weighted by atomic mass is 10.1. The van der Waals surface area contributed by atoms with Gasteiger partial charge in [0.15, 0.2) is 0 Å². The van der Waals surface area contributed by atoms with Gasteiger partial charge in [0.2, 0.25) is 0 Å². The summed E-state index contributed by atoms with van der Waals surface area (Å²) < 4.78 is 0. The largest absolute Gasteiger partial charge is 0.370 e. The second kappa shape index (κ2) is 4.27. The van der Waals surface area contributed by atoms with Crippen molar-refractivity contribution in [1.82, 2.24) is 5.32 Å². The van der Waals surface area contributed by atoms with E-state index >= 15 is 0 Å². The summed E-state index contributed by atoms with van der Waals surface area (Å²) in [6, 6.07) is 8.62. The van der Waals surface area contributed by atoms with Crippen LogP contribution in [0.25, 0.3) is 0 Å². The van der Waals surface area contributed by atoms with Crippen molar-refractivity contribution < 1.29 is 0 Å². The third-order valence-corrected chi connectivity index (χ3v) is 2.49. The van der Waals surface area contributed by atoms with Crippen LogP contribution in [-0.2, 0) is 6.54 Å². The Bertz CT molecular complexity index is 325. The molecule has 74 valence electrons. The van der Waals surface area contributed by atoms with Crippen LogP contribution in [0, 0.1) is 6.92 Å². The molecule has 0 spiro atoms. The van der Waals surface area contributed by atoms with Crippen molar-refractivity contribution >= 4 is 5.84 Å². The van der Waals surface area contributed by atoms with Crippen molar-refractivity contribution in [2.45, 2.75) is 26.3 Å². The van der Waals surface area contributed by atoms with Gasteiger partial charge in [-0.1, -0.05) is 29.8 Å². The summed E-state index contributed by atoms with van der Waals surface area (Å²) in [4.78, 5) is 4.37. The van der Waals surface area contributed by atoms with E-state index in [1.165, 1.54) is 23.4 Å². The van der Waals surface area contributed by atoms with Gasteiger partial charge < -0.3 is 5.32 Å². The smallest absolute Gasteiger partial charge is 0.0966 e. The average Bonchev–Trinajstić information content (AvgIpc) is 2.70. The molecule has 1 heterocycles. The van der Waals surface area contributed by atoms with Crippen LogP contribution < -0.4 is 5.32 Å². The molecule has 0 fully saturated rings. The van der Waals surface area contributed by atoms with Crippen molar-refractivity contribution in [2.75, 3.05) is 6.54 Å². The molecule has 14 heavy (non-hydrogen) atoms. The lowest BCUT2D eigenvalue weighted by Crippen LogP contribution is -2.20. The first kappa shape index (κ1) is 9.25. The van der Waals surface area contributed by atoms with Crippen molar-refractivity contribution in [1.29, 1.82) is 0 Å². The standard InChI is InChI=1S/C12H16N2/c1-10-4-6-11(7-5-10)9-14-12-3-2-8-13-12/h4-7H,2-3,8-9H2,1H3,(H,13,14). The molecule has 1 aromatic carbocycles. The second-order valence-corrected chi connectivity index (χ2v) is 3.77. The predicted octanol–water partition coefficient (Wildman–Crippen LogP) is 2.28. The van der Waals surface area contributed by atoms with Crippen LogP contribution in [0.2, 0.25) is 0 Å². The van der Waals surface area contributed by atoms with E-state index < -0.39 is 0 Å². The van der Waals surface area contributed by atoms with E-state index in [0.717, 1.165) is 19.5 Å². The van der Waals surface area contributed by atoms with E-state index in [2.05, 4.69) is 41.5 Å². The van der Waals surface area contributed by atoms with Gasteiger partial charge in [-0.15, -0.1) is 0 Å². The Morgan fingerprint density at radius 1 is 1.29 bits per heavy atom. The first-order chi connectivity index (χ1) is 6.84. The SMILES string of the molecule is Cc1ccc(CNC2=NCCC2)cc1. The third kappa shape index (κ3) is 2.34. The number of nitrogens with zero attached hydrogens (tertiary/aromatic N) is 1. The number of nitrogens with one attached hydrogen (secondary N) is 1. The Kier molecular flexibility index (Phi) is 2.82. The van der Waals surface area contributed by atoms with Gasteiger partial charge in [-0.3, -0.25) is 4.99 Å². The van der Waals surface area contributed by atoms with E-state index in [4.69, 9.17) is 0 Å². The molecule has 0 aromatic heterocycles. The molecule has 0 aliphatic carbocycles. The first-order valence-electron chi connectivity index (χ1n) is 5.17. The summed E-state index contributed by atoms with van der Waals surface area (Å²) >= 11 is 0. The zero-order valence-corrected chi connectivity index (χ0v) is 8.59. The molecule has 0 saturated heterocycles. The molecule has 1 N–H and O–H groups in total. The molecule has 1 aromatic rings.